The molecule has 12 rings (SSSR count). The van der Waals surface area contributed by atoms with Crippen LogP contribution in [0, 0.1) is 6.57 Å². The van der Waals surface area contributed by atoms with Gasteiger partial charge in [0.15, 0.2) is 12.6 Å². The number of hydrogen-bond donors (Lipinski definition) is 3. The Labute approximate surface area is 422 Å². The average molecular weight is 1090 g/mol. The summed E-state index contributed by atoms with van der Waals surface area (Å²) in [7, 11) is 1.95. The van der Waals surface area contributed by atoms with E-state index < -0.39 is 5.97 Å². The molecule has 8 nitrogen and oxygen atoms in total. The first-order chi connectivity index (χ1) is 32.0. The fraction of sp³-hybridized carbons (Fsp3) is 0.224. The number of aliphatic hydroxyl groups excluding tert-OH is 2. The summed E-state index contributed by atoms with van der Waals surface area (Å²) < 4.78 is 1.18. The van der Waals surface area contributed by atoms with E-state index in [1.807, 2.05) is 64.2 Å². The molecule has 0 aliphatic heterocycles. The number of carboxylic acid groups (broad SMARTS) is 1. The van der Waals surface area contributed by atoms with Gasteiger partial charge in [0.2, 0.25) is 0 Å². The summed E-state index contributed by atoms with van der Waals surface area (Å²) in [5, 5.41) is 32.5. The molecule has 0 spiro atoms. The highest BCUT2D eigenvalue weighted by molar-refractivity contribution is 9.11. The van der Waals surface area contributed by atoms with Crippen LogP contribution in [-0.4, -0.2) is 60.7 Å². The van der Waals surface area contributed by atoms with E-state index in [0.29, 0.717) is 12.5 Å². The summed E-state index contributed by atoms with van der Waals surface area (Å²) in [5.41, 5.74) is 10.6. The molecule has 66 heavy (non-hydrogen) atoms. The number of thiophene rings is 8. The number of likely N-dealkylation sites (N-methyl/N-ethyl adjacent to an activating group) is 1. The monoisotopic (exact) mass is 1090 g/mol. The molecule has 0 aromatic carbocycles. The second-order valence-corrected chi connectivity index (χ2v) is 25.5. The lowest BCUT2D eigenvalue weighted by atomic mass is 10.1. The number of carbonyl (C=O) groups is 3. The zero-order chi connectivity index (χ0) is 46.2. The van der Waals surface area contributed by atoms with Gasteiger partial charge in [-0.1, -0.05) is 6.92 Å². The lowest BCUT2D eigenvalue weighted by molar-refractivity contribution is -0.132. The van der Waals surface area contributed by atoms with E-state index >= 15 is 0 Å². The van der Waals surface area contributed by atoms with Crippen LogP contribution in [0.1, 0.15) is 92.9 Å². The largest absolute Gasteiger partial charge is 0.486 e. The maximum atomic E-state index is 10.9. The molecular formula is C49H39BrN2O6S8. The first-order valence-corrected chi connectivity index (χ1v) is 28.2. The first kappa shape index (κ1) is 46.9. The van der Waals surface area contributed by atoms with Crippen molar-refractivity contribution < 1.29 is 29.7 Å². The second-order valence-electron chi connectivity index (χ2n) is 15.9. The van der Waals surface area contributed by atoms with Crippen LogP contribution in [0.25, 0.3) is 49.9 Å². The Morgan fingerprint density at radius 1 is 0.682 bits per heavy atom. The summed E-state index contributed by atoms with van der Waals surface area (Å²) in [4.78, 5) is 51.9. The molecule has 8 aromatic heterocycles. The van der Waals surface area contributed by atoms with Crippen LogP contribution in [-0.2, 0) is 30.5 Å². The molecule has 0 bridgehead atoms. The maximum Gasteiger partial charge on any atom is 0.333 e. The molecule has 3 N–H and O–H groups in total. The lowest BCUT2D eigenvalue weighted by Gasteiger charge is -2.14. The third-order valence-electron chi connectivity index (χ3n) is 11.4. The van der Waals surface area contributed by atoms with E-state index in [1.54, 1.807) is 45.3 Å². The van der Waals surface area contributed by atoms with Crippen LogP contribution in [0.4, 0.5) is 5.00 Å². The Bertz CT molecular complexity index is 3160. The van der Waals surface area contributed by atoms with Crippen molar-refractivity contribution in [3.63, 3.8) is 0 Å². The number of hydrogen-bond acceptors (Lipinski definition) is 14. The van der Waals surface area contributed by atoms with E-state index in [1.165, 1.54) is 105 Å². The molecule has 8 heterocycles. The minimum atomic E-state index is -1.20. The van der Waals surface area contributed by atoms with Gasteiger partial charge in [-0.2, -0.15) is 0 Å². The molecule has 4 aliphatic carbocycles. The molecule has 0 saturated carbocycles. The van der Waals surface area contributed by atoms with E-state index in [-0.39, 0.29) is 18.9 Å². The summed E-state index contributed by atoms with van der Waals surface area (Å²) >= 11 is 17.2. The minimum Gasteiger partial charge on any atom is -0.486 e. The predicted octanol–water partition coefficient (Wildman–Crippen LogP) is 14.2. The summed E-state index contributed by atoms with van der Waals surface area (Å²) in [6.45, 7) is 10.0. The number of aliphatic hydroxyl groups is 2. The van der Waals surface area contributed by atoms with Crippen LogP contribution < -0.4 is 4.90 Å². The van der Waals surface area contributed by atoms with E-state index in [2.05, 4.69) is 68.8 Å². The summed E-state index contributed by atoms with van der Waals surface area (Å²) in [6.07, 6.45) is 8.06. The standard InChI is InChI=1S/C16H14N2O3S2.C14H14O2S2.C10H5BrOS2.C9H6S2/c1-17-12(16(20)21)8-11-6-9-5-10-7-13(18(2)3-4-19)23-15(10)14(9)22-11;1-8(2-3-15)12-6-10-4-9-5-11(7-16)17-13(9)14(10)18-12;11-8-3-6-1-5-2-7(4-12)13-9(5)10(6)14-8;1-3-10-8-6(1)5-7-2-4-11-9(7)8/h6-8,19H,3-5H2,2H3,(H,20,21);5-8,15H,2-4H2,1H3;2-4H,1H2;1-4H,5H2/b12-8-;;;. The van der Waals surface area contributed by atoms with Gasteiger partial charge in [0, 0.05) is 89.8 Å². The van der Waals surface area contributed by atoms with Crippen molar-refractivity contribution in [1.82, 2.24) is 0 Å². The molecule has 1 unspecified atom stereocenters. The number of halogens is 1. The molecule has 336 valence electrons. The molecule has 1 atom stereocenters. The van der Waals surface area contributed by atoms with Crippen LogP contribution in [0.15, 0.2) is 68.8 Å². The molecule has 17 heteroatoms. The van der Waals surface area contributed by atoms with Gasteiger partial charge >= 0.3 is 5.97 Å². The van der Waals surface area contributed by atoms with Gasteiger partial charge in [-0.05, 0) is 138 Å². The van der Waals surface area contributed by atoms with Crippen molar-refractivity contribution in [2.24, 2.45) is 0 Å². The van der Waals surface area contributed by atoms with Gasteiger partial charge < -0.3 is 20.2 Å². The molecular weight excluding hydrogens is 1050 g/mol. The van der Waals surface area contributed by atoms with E-state index in [9.17, 15) is 14.4 Å². The number of nitrogens with zero attached hydrogens (tertiary/aromatic N) is 2. The van der Waals surface area contributed by atoms with Crippen molar-refractivity contribution in [2.75, 3.05) is 31.7 Å². The smallest absolute Gasteiger partial charge is 0.333 e. The normalized spacial score (nSPS) is 13.2. The van der Waals surface area contributed by atoms with Crippen molar-refractivity contribution >= 4 is 136 Å². The van der Waals surface area contributed by atoms with Crippen LogP contribution >= 0.6 is 107 Å². The number of aldehydes is 2. The molecule has 0 saturated heterocycles. The van der Waals surface area contributed by atoms with Crippen molar-refractivity contribution in [3.05, 3.63) is 144 Å². The minimum absolute atomic E-state index is 0.118. The number of carboxylic acids is 1. The van der Waals surface area contributed by atoms with Crippen LogP contribution in [0.5, 0.6) is 0 Å². The van der Waals surface area contributed by atoms with E-state index in [0.717, 1.165) is 69.2 Å². The fourth-order valence-corrected chi connectivity index (χ4v) is 18.1. The number of anilines is 1. The van der Waals surface area contributed by atoms with Gasteiger partial charge in [-0.25, -0.2) is 4.85 Å². The highest BCUT2D eigenvalue weighted by Gasteiger charge is 2.28. The Balaban J connectivity index is 0.000000114. The van der Waals surface area contributed by atoms with Crippen LogP contribution in [0.3, 0.4) is 0 Å². The summed E-state index contributed by atoms with van der Waals surface area (Å²) in [6, 6.07) is 17.1. The Morgan fingerprint density at radius 3 is 1.71 bits per heavy atom. The highest BCUT2D eigenvalue weighted by atomic mass is 79.9. The Morgan fingerprint density at radius 2 is 1.17 bits per heavy atom. The quantitative estimate of drug-likeness (QED) is 0.0709. The lowest BCUT2D eigenvalue weighted by Crippen LogP contribution is -2.19. The predicted molar refractivity (Wildman–Crippen MR) is 283 cm³/mol. The zero-order valence-corrected chi connectivity index (χ0v) is 43.5. The second kappa shape index (κ2) is 20.2. The van der Waals surface area contributed by atoms with Gasteiger partial charge in [0.05, 0.1) is 36.6 Å². The number of carbonyl (C=O) groups excluding carboxylic acids is 2. The van der Waals surface area contributed by atoms with Gasteiger partial charge in [-0.15, -0.1) is 90.7 Å². The summed E-state index contributed by atoms with van der Waals surface area (Å²) in [5.74, 6) is -0.780. The maximum absolute atomic E-state index is 10.9. The molecule has 0 amide bonds. The van der Waals surface area contributed by atoms with Crippen molar-refractivity contribution in [1.29, 1.82) is 0 Å². The average Bonchev–Trinajstić information content (AvgIpc) is 4.11. The number of aliphatic carboxylic acids is 1. The Hall–Kier alpha value is -4.16. The highest BCUT2D eigenvalue weighted by Crippen LogP contribution is 2.51. The third kappa shape index (κ3) is 9.48. The Kier molecular flexibility index (Phi) is 14.4. The zero-order valence-electron chi connectivity index (χ0n) is 35.3. The molecule has 0 radical (unpaired) electrons. The molecule has 0 fully saturated rings. The van der Waals surface area contributed by atoms with Gasteiger partial charge in [0.1, 0.15) is 0 Å². The van der Waals surface area contributed by atoms with Gasteiger partial charge in [0.25, 0.3) is 5.70 Å². The topological polar surface area (TPSA) is 120 Å². The fourth-order valence-electron chi connectivity index (χ4n) is 8.21. The number of rotatable bonds is 10. The third-order valence-corrected chi connectivity index (χ3v) is 21.7. The van der Waals surface area contributed by atoms with Gasteiger partial charge in [-0.3, -0.25) is 14.4 Å². The first-order valence-electron chi connectivity index (χ1n) is 20.7. The van der Waals surface area contributed by atoms with Crippen molar-refractivity contribution in [2.45, 2.75) is 44.9 Å². The molecule has 8 aromatic rings. The van der Waals surface area contributed by atoms with Crippen LogP contribution in [0.2, 0.25) is 0 Å². The molecule has 4 aliphatic rings. The van der Waals surface area contributed by atoms with E-state index in [4.69, 9.17) is 21.9 Å². The van der Waals surface area contributed by atoms with Crippen molar-refractivity contribution in [3.8, 4) is 39.0 Å². The SMILES string of the molecule is CC(CCO)c1cc2c(s1)-c1sc(C=O)cc1C2.O=Cc1cc2c(s1)-c1sc(Br)cc1C2.[C-]#[N+]/C(=C\c1cc2c(s1)-c1sc(N(C)CCO)cc1C2)C(=O)O.c1cc2c(s1)-c1sccc1C2. The number of fused-ring (bicyclic) bond motifs is 12.